The van der Waals surface area contributed by atoms with Crippen molar-refractivity contribution in [2.24, 2.45) is 0 Å². The lowest BCUT2D eigenvalue weighted by molar-refractivity contribution is 0.734. The highest BCUT2D eigenvalue weighted by atomic mass is 14.2. The van der Waals surface area contributed by atoms with Crippen LogP contribution in [0.3, 0.4) is 0 Å². The van der Waals surface area contributed by atoms with Crippen molar-refractivity contribution in [1.82, 2.24) is 0 Å². The first-order valence-electron chi connectivity index (χ1n) is 3.78. The highest BCUT2D eigenvalue weighted by Gasteiger charge is 1.79. The zero-order valence-corrected chi connectivity index (χ0v) is 6.78. The Kier molecular flexibility index (Phi) is 19.7. The summed E-state index contributed by atoms with van der Waals surface area (Å²) in [7, 11) is 0. The Bertz CT molecular complexity index is 61.5. The molecular weight excluding hydrogens is 110 g/mol. The molecule has 0 spiro atoms. The second kappa shape index (κ2) is 15.6. The monoisotopic (exact) mass is 127 g/mol. The van der Waals surface area contributed by atoms with Crippen LogP contribution in [0.1, 0.15) is 46.5 Å². The van der Waals surface area contributed by atoms with E-state index in [1.807, 2.05) is 13.8 Å². The first-order valence-corrected chi connectivity index (χ1v) is 3.78. The van der Waals surface area contributed by atoms with Gasteiger partial charge in [0.15, 0.2) is 0 Å². The van der Waals surface area contributed by atoms with Crippen molar-refractivity contribution >= 4 is 0 Å². The number of nitriles is 1. The molecule has 0 aromatic carbocycles. The van der Waals surface area contributed by atoms with Gasteiger partial charge >= 0.3 is 0 Å². The molecule has 9 heavy (non-hydrogen) atoms. The Balaban J connectivity index is 0. The molecule has 0 saturated carbocycles. The summed E-state index contributed by atoms with van der Waals surface area (Å²) in [6.45, 7) is 6.14. The van der Waals surface area contributed by atoms with Gasteiger partial charge < -0.3 is 0 Å². The standard InChI is InChI=1S/C6H11N.C2H6/c1-2-3-4-5-6-7;1-2/h2-5H2,1H3;1-2H3. The SMILES string of the molecule is CC.CCCCCC#N. The smallest absolute Gasteiger partial charge is 0.0621 e. The van der Waals surface area contributed by atoms with Crippen LogP contribution >= 0.6 is 0 Å². The molecule has 0 fully saturated rings. The van der Waals surface area contributed by atoms with Crippen molar-refractivity contribution in [2.45, 2.75) is 46.5 Å². The van der Waals surface area contributed by atoms with Crippen LogP contribution in [0.4, 0.5) is 0 Å². The normalized spacial score (nSPS) is 6.89. The van der Waals surface area contributed by atoms with E-state index in [2.05, 4.69) is 13.0 Å². The summed E-state index contributed by atoms with van der Waals surface area (Å²) in [5, 5.41) is 8.04. The van der Waals surface area contributed by atoms with Crippen LogP contribution in [-0.2, 0) is 0 Å². The van der Waals surface area contributed by atoms with E-state index in [4.69, 9.17) is 5.26 Å². The molecule has 0 heterocycles. The molecule has 0 saturated heterocycles. The topological polar surface area (TPSA) is 23.8 Å². The summed E-state index contributed by atoms with van der Waals surface area (Å²) in [4.78, 5) is 0. The molecular formula is C8H17N. The van der Waals surface area contributed by atoms with Crippen molar-refractivity contribution in [3.63, 3.8) is 0 Å². The largest absolute Gasteiger partial charge is 0.198 e. The predicted molar refractivity (Wildman–Crippen MR) is 41.1 cm³/mol. The van der Waals surface area contributed by atoms with Gasteiger partial charge in [0.05, 0.1) is 6.07 Å². The fourth-order valence-electron chi connectivity index (χ4n) is 0.454. The summed E-state index contributed by atoms with van der Waals surface area (Å²) in [6.07, 6.45) is 4.22. The molecule has 0 unspecified atom stereocenters. The maximum absolute atomic E-state index is 8.04. The zero-order valence-electron chi connectivity index (χ0n) is 6.78. The number of hydrogen-bond acceptors (Lipinski definition) is 1. The second-order valence-electron chi connectivity index (χ2n) is 1.62. The van der Waals surface area contributed by atoms with Crippen LogP contribution in [0.2, 0.25) is 0 Å². The van der Waals surface area contributed by atoms with E-state index in [9.17, 15) is 0 Å². The molecule has 1 heteroatoms. The molecule has 0 aromatic heterocycles. The molecule has 0 amide bonds. The van der Waals surface area contributed by atoms with Crippen molar-refractivity contribution < 1.29 is 0 Å². The molecule has 0 radical (unpaired) electrons. The third-order valence-electron chi connectivity index (χ3n) is 0.892. The third kappa shape index (κ3) is 18.5. The Hall–Kier alpha value is -0.510. The van der Waals surface area contributed by atoms with Gasteiger partial charge in [-0.15, -0.1) is 0 Å². The van der Waals surface area contributed by atoms with Crippen LogP contribution in [0.25, 0.3) is 0 Å². The van der Waals surface area contributed by atoms with Crippen LogP contribution < -0.4 is 0 Å². The quantitative estimate of drug-likeness (QED) is 0.534. The molecule has 0 N–H and O–H groups in total. The van der Waals surface area contributed by atoms with Gasteiger partial charge in [-0.1, -0.05) is 33.6 Å². The van der Waals surface area contributed by atoms with E-state index < -0.39 is 0 Å². The summed E-state index contributed by atoms with van der Waals surface area (Å²) in [5.41, 5.74) is 0. The highest BCUT2D eigenvalue weighted by Crippen LogP contribution is 1.95. The second-order valence-corrected chi connectivity index (χ2v) is 1.62. The fourth-order valence-corrected chi connectivity index (χ4v) is 0.454. The minimum Gasteiger partial charge on any atom is -0.198 e. The summed E-state index contributed by atoms with van der Waals surface area (Å²) in [6, 6.07) is 2.10. The van der Waals surface area contributed by atoms with Gasteiger partial charge in [0.2, 0.25) is 0 Å². The van der Waals surface area contributed by atoms with Crippen molar-refractivity contribution in [3.8, 4) is 6.07 Å². The Morgan fingerprint density at radius 2 is 1.78 bits per heavy atom. The van der Waals surface area contributed by atoms with Gasteiger partial charge in [-0.3, -0.25) is 0 Å². The van der Waals surface area contributed by atoms with Crippen LogP contribution in [-0.4, -0.2) is 0 Å². The number of nitrogens with zero attached hydrogens (tertiary/aromatic N) is 1. The third-order valence-corrected chi connectivity index (χ3v) is 0.892. The summed E-state index contributed by atoms with van der Waals surface area (Å²) < 4.78 is 0. The van der Waals surface area contributed by atoms with Gasteiger partial charge in [-0.2, -0.15) is 5.26 Å². The molecule has 54 valence electrons. The lowest BCUT2D eigenvalue weighted by Crippen LogP contribution is -1.68. The lowest BCUT2D eigenvalue weighted by Gasteiger charge is -1.84. The maximum Gasteiger partial charge on any atom is 0.0621 e. The minimum atomic E-state index is 0.730. The summed E-state index contributed by atoms with van der Waals surface area (Å²) >= 11 is 0. The zero-order chi connectivity index (χ0) is 7.54. The van der Waals surface area contributed by atoms with E-state index in [0.717, 1.165) is 12.8 Å². The van der Waals surface area contributed by atoms with Crippen LogP contribution in [0.15, 0.2) is 0 Å². The van der Waals surface area contributed by atoms with Gasteiger partial charge in [-0.25, -0.2) is 0 Å². The first-order chi connectivity index (χ1) is 4.41. The van der Waals surface area contributed by atoms with Gasteiger partial charge in [0.1, 0.15) is 0 Å². The maximum atomic E-state index is 8.04. The fraction of sp³-hybridized carbons (Fsp3) is 0.875. The molecule has 1 nitrogen and oxygen atoms in total. The van der Waals surface area contributed by atoms with Gasteiger partial charge in [-0.05, 0) is 6.42 Å². The number of rotatable bonds is 3. The van der Waals surface area contributed by atoms with E-state index in [1.165, 1.54) is 12.8 Å². The van der Waals surface area contributed by atoms with E-state index >= 15 is 0 Å². The molecule has 0 atom stereocenters. The Labute approximate surface area is 58.7 Å². The predicted octanol–water partition coefficient (Wildman–Crippen LogP) is 3.12. The van der Waals surface area contributed by atoms with E-state index in [-0.39, 0.29) is 0 Å². The number of unbranched alkanes of at least 4 members (excludes halogenated alkanes) is 3. The van der Waals surface area contributed by atoms with Gasteiger partial charge in [0.25, 0.3) is 0 Å². The van der Waals surface area contributed by atoms with E-state index in [1.54, 1.807) is 0 Å². The summed E-state index contributed by atoms with van der Waals surface area (Å²) in [5.74, 6) is 0. The van der Waals surface area contributed by atoms with Crippen molar-refractivity contribution in [2.75, 3.05) is 0 Å². The lowest BCUT2D eigenvalue weighted by atomic mass is 10.2. The first kappa shape index (κ1) is 11.3. The molecule has 0 aliphatic rings. The molecule has 0 rings (SSSR count). The average Bonchev–Trinajstić information content (AvgIpc) is 1.94. The van der Waals surface area contributed by atoms with Gasteiger partial charge in [0, 0.05) is 6.42 Å². The molecule has 0 aliphatic heterocycles. The molecule has 0 aliphatic carbocycles. The van der Waals surface area contributed by atoms with Crippen molar-refractivity contribution in [3.05, 3.63) is 0 Å². The van der Waals surface area contributed by atoms with Crippen LogP contribution in [0, 0.1) is 11.3 Å². The molecule has 0 aromatic rings. The Morgan fingerprint density at radius 1 is 1.22 bits per heavy atom. The molecule has 0 bridgehead atoms. The highest BCUT2D eigenvalue weighted by molar-refractivity contribution is 4.67. The average molecular weight is 127 g/mol. The van der Waals surface area contributed by atoms with Crippen molar-refractivity contribution in [1.29, 1.82) is 5.26 Å². The van der Waals surface area contributed by atoms with Crippen LogP contribution in [0.5, 0.6) is 0 Å². The van der Waals surface area contributed by atoms with E-state index in [0.29, 0.717) is 0 Å². The number of hydrogen-bond donors (Lipinski definition) is 0. The minimum absolute atomic E-state index is 0.730. The Morgan fingerprint density at radius 3 is 2.11 bits per heavy atom.